The number of rotatable bonds is 6. The van der Waals surface area contributed by atoms with Gasteiger partial charge in [0.2, 0.25) is 10.0 Å². The quantitative estimate of drug-likeness (QED) is 0.742. The second-order valence-electron chi connectivity index (χ2n) is 5.09. The van der Waals surface area contributed by atoms with E-state index in [1.807, 2.05) is 0 Å². The van der Waals surface area contributed by atoms with Crippen LogP contribution in [0.5, 0.6) is 0 Å². The Labute approximate surface area is 122 Å². The van der Waals surface area contributed by atoms with Crippen molar-refractivity contribution >= 4 is 27.0 Å². The van der Waals surface area contributed by atoms with Crippen LogP contribution >= 0.6 is 0 Å². The van der Waals surface area contributed by atoms with Crippen molar-refractivity contribution in [1.29, 1.82) is 0 Å². The Hall–Kier alpha value is -1.93. The molecule has 0 aliphatic rings. The lowest BCUT2D eigenvalue weighted by atomic mass is 9.97. The molecule has 1 atom stereocenters. The van der Waals surface area contributed by atoms with E-state index < -0.39 is 21.9 Å². The minimum atomic E-state index is -3.79. The number of carboxylic acids is 1. The SMILES string of the molecule is CC(C)C(CNS(=O)(=O)c1c[nH]c2ncccc12)C(=O)O. The Morgan fingerprint density at radius 2 is 2.19 bits per heavy atom. The molecule has 2 aromatic heterocycles. The van der Waals surface area contributed by atoms with Gasteiger partial charge in [0.1, 0.15) is 10.5 Å². The number of fused-ring (bicyclic) bond motifs is 1. The van der Waals surface area contributed by atoms with Gasteiger partial charge in [0.05, 0.1) is 5.92 Å². The normalized spacial score (nSPS) is 13.7. The van der Waals surface area contributed by atoms with Crippen molar-refractivity contribution in [3.8, 4) is 0 Å². The van der Waals surface area contributed by atoms with Crippen LogP contribution in [0.4, 0.5) is 0 Å². The van der Waals surface area contributed by atoms with E-state index in [1.165, 1.54) is 6.20 Å². The summed E-state index contributed by atoms with van der Waals surface area (Å²) in [4.78, 5) is 18.0. The minimum absolute atomic E-state index is 0.0681. The van der Waals surface area contributed by atoms with Gasteiger partial charge in [0.25, 0.3) is 0 Å². The predicted molar refractivity (Wildman–Crippen MR) is 77.2 cm³/mol. The molecule has 0 aliphatic carbocycles. The Kier molecular flexibility index (Phi) is 4.29. The van der Waals surface area contributed by atoms with E-state index in [9.17, 15) is 13.2 Å². The molecule has 0 radical (unpaired) electrons. The van der Waals surface area contributed by atoms with Gasteiger partial charge in [0, 0.05) is 24.3 Å². The lowest BCUT2D eigenvalue weighted by molar-refractivity contribution is -0.142. The van der Waals surface area contributed by atoms with Crippen LogP contribution in [0.3, 0.4) is 0 Å². The number of sulfonamides is 1. The number of nitrogens with one attached hydrogen (secondary N) is 2. The zero-order chi connectivity index (χ0) is 15.6. The number of hydrogen-bond donors (Lipinski definition) is 3. The zero-order valence-electron chi connectivity index (χ0n) is 11.7. The number of nitrogens with zero attached hydrogens (tertiary/aromatic N) is 1. The molecule has 0 saturated heterocycles. The number of aromatic amines is 1. The second-order valence-corrected chi connectivity index (χ2v) is 6.83. The molecule has 1 unspecified atom stereocenters. The molecular formula is C13H17N3O4S. The van der Waals surface area contributed by atoms with E-state index in [2.05, 4.69) is 14.7 Å². The van der Waals surface area contributed by atoms with Gasteiger partial charge in [-0.3, -0.25) is 4.79 Å². The maximum absolute atomic E-state index is 12.3. The fourth-order valence-corrected chi connectivity index (χ4v) is 3.26. The molecule has 2 heterocycles. The summed E-state index contributed by atoms with van der Waals surface area (Å²) < 4.78 is 27.0. The van der Waals surface area contributed by atoms with Crippen LogP contribution in [0.15, 0.2) is 29.4 Å². The average Bonchev–Trinajstić information content (AvgIpc) is 2.82. The predicted octanol–water partition coefficient (Wildman–Crippen LogP) is 1.20. The molecule has 0 amide bonds. The molecule has 0 spiro atoms. The van der Waals surface area contributed by atoms with Gasteiger partial charge in [-0.2, -0.15) is 0 Å². The third kappa shape index (κ3) is 3.22. The van der Waals surface area contributed by atoms with Crippen LogP contribution in [0, 0.1) is 11.8 Å². The van der Waals surface area contributed by atoms with E-state index >= 15 is 0 Å². The number of hydrogen-bond acceptors (Lipinski definition) is 4. The highest BCUT2D eigenvalue weighted by atomic mass is 32.2. The van der Waals surface area contributed by atoms with E-state index in [0.29, 0.717) is 11.0 Å². The van der Waals surface area contributed by atoms with E-state index in [-0.39, 0.29) is 17.4 Å². The van der Waals surface area contributed by atoms with Gasteiger partial charge >= 0.3 is 5.97 Å². The van der Waals surface area contributed by atoms with E-state index in [1.54, 1.807) is 32.2 Å². The Balaban J connectivity index is 2.25. The molecule has 7 nitrogen and oxygen atoms in total. The van der Waals surface area contributed by atoms with Gasteiger partial charge in [-0.1, -0.05) is 13.8 Å². The summed E-state index contributed by atoms with van der Waals surface area (Å²) in [6, 6.07) is 3.29. The van der Waals surface area contributed by atoms with Crippen molar-refractivity contribution in [2.24, 2.45) is 11.8 Å². The highest BCUT2D eigenvalue weighted by Gasteiger charge is 2.25. The molecule has 3 N–H and O–H groups in total. The van der Waals surface area contributed by atoms with Crippen LogP contribution in [0.2, 0.25) is 0 Å². The second kappa shape index (κ2) is 5.82. The summed E-state index contributed by atoms with van der Waals surface area (Å²) in [5.74, 6) is -1.97. The van der Waals surface area contributed by atoms with Crippen LogP contribution in [0.1, 0.15) is 13.8 Å². The Morgan fingerprint density at radius 1 is 1.48 bits per heavy atom. The summed E-state index contributed by atoms with van der Waals surface area (Å²) in [6.45, 7) is 3.33. The van der Waals surface area contributed by atoms with Gasteiger partial charge in [-0.05, 0) is 18.1 Å². The molecule has 8 heteroatoms. The number of carbonyl (C=O) groups is 1. The average molecular weight is 311 g/mol. The lowest BCUT2D eigenvalue weighted by Crippen LogP contribution is -2.35. The Morgan fingerprint density at radius 3 is 2.81 bits per heavy atom. The van der Waals surface area contributed by atoms with Crippen molar-refractivity contribution < 1.29 is 18.3 Å². The van der Waals surface area contributed by atoms with Crippen molar-refractivity contribution in [3.05, 3.63) is 24.5 Å². The minimum Gasteiger partial charge on any atom is -0.481 e. The van der Waals surface area contributed by atoms with Gasteiger partial charge in [-0.25, -0.2) is 18.1 Å². The summed E-state index contributed by atoms with van der Waals surface area (Å²) in [6.07, 6.45) is 2.91. The molecular weight excluding hydrogens is 294 g/mol. The molecule has 2 rings (SSSR count). The first-order valence-electron chi connectivity index (χ1n) is 6.47. The van der Waals surface area contributed by atoms with Crippen molar-refractivity contribution in [2.45, 2.75) is 18.7 Å². The van der Waals surface area contributed by atoms with E-state index in [4.69, 9.17) is 5.11 Å². The van der Waals surface area contributed by atoms with Crippen LogP contribution < -0.4 is 4.72 Å². The number of aromatic nitrogens is 2. The maximum atomic E-state index is 12.3. The highest BCUT2D eigenvalue weighted by molar-refractivity contribution is 7.89. The lowest BCUT2D eigenvalue weighted by Gasteiger charge is -2.16. The van der Waals surface area contributed by atoms with Crippen LogP contribution in [-0.4, -0.2) is 36.0 Å². The Bertz CT molecular complexity index is 752. The number of pyridine rings is 1. The zero-order valence-corrected chi connectivity index (χ0v) is 12.5. The molecule has 0 aliphatic heterocycles. The first-order chi connectivity index (χ1) is 9.83. The smallest absolute Gasteiger partial charge is 0.308 e. The van der Waals surface area contributed by atoms with E-state index in [0.717, 1.165) is 0 Å². The van der Waals surface area contributed by atoms with Gasteiger partial charge < -0.3 is 10.1 Å². The standard InChI is InChI=1S/C13H17N3O4S/c1-8(2)10(13(17)18)6-16-21(19,20)11-7-15-12-9(11)4-3-5-14-12/h3-5,7-8,10,16H,6H2,1-2H3,(H,14,15)(H,17,18). The summed E-state index contributed by atoms with van der Waals surface area (Å²) in [7, 11) is -3.79. The van der Waals surface area contributed by atoms with Crippen LogP contribution in [0.25, 0.3) is 11.0 Å². The number of aliphatic carboxylic acids is 1. The first-order valence-corrected chi connectivity index (χ1v) is 7.96. The van der Waals surface area contributed by atoms with Gasteiger partial charge in [0.15, 0.2) is 0 Å². The fourth-order valence-electron chi connectivity index (χ4n) is 2.04. The first kappa shape index (κ1) is 15.5. The maximum Gasteiger partial charge on any atom is 0.308 e. The molecule has 0 bridgehead atoms. The summed E-state index contributed by atoms with van der Waals surface area (Å²) in [5, 5.41) is 9.57. The topological polar surface area (TPSA) is 112 Å². The van der Waals surface area contributed by atoms with Crippen molar-refractivity contribution in [2.75, 3.05) is 6.54 Å². The third-order valence-electron chi connectivity index (χ3n) is 3.32. The number of carboxylic acid groups (broad SMARTS) is 1. The van der Waals surface area contributed by atoms with Crippen molar-refractivity contribution in [1.82, 2.24) is 14.7 Å². The molecule has 0 saturated carbocycles. The highest BCUT2D eigenvalue weighted by Crippen LogP contribution is 2.21. The largest absolute Gasteiger partial charge is 0.481 e. The molecule has 114 valence electrons. The fraction of sp³-hybridized carbons (Fsp3) is 0.385. The molecule has 0 fully saturated rings. The monoisotopic (exact) mass is 311 g/mol. The summed E-state index contributed by atoms with van der Waals surface area (Å²) in [5.41, 5.74) is 0.469. The van der Waals surface area contributed by atoms with Crippen molar-refractivity contribution in [3.63, 3.8) is 0 Å². The molecule has 0 aromatic carbocycles. The van der Waals surface area contributed by atoms with Crippen LogP contribution in [-0.2, 0) is 14.8 Å². The third-order valence-corrected chi connectivity index (χ3v) is 4.78. The summed E-state index contributed by atoms with van der Waals surface area (Å²) >= 11 is 0. The molecule has 2 aromatic rings. The molecule has 21 heavy (non-hydrogen) atoms. The van der Waals surface area contributed by atoms with Gasteiger partial charge in [-0.15, -0.1) is 0 Å². The number of H-pyrrole nitrogens is 1.